The summed E-state index contributed by atoms with van der Waals surface area (Å²) in [6.45, 7) is 6.38. The minimum Gasteiger partial charge on any atom is -0.462 e. The van der Waals surface area contributed by atoms with Crippen LogP contribution in [0.4, 0.5) is 0 Å². The Morgan fingerprint density at radius 2 is 0.506 bits per heavy atom. The van der Waals surface area contributed by atoms with E-state index in [1.165, 1.54) is 83.5 Å². The maximum absolute atomic E-state index is 12.9. The summed E-state index contributed by atoms with van der Waals surface area (Å²) >= 11 is 0. The van der Waals surface area contributed by atoms with E-state index >= 15 is 0 Å². The van der Waals surface area contributed by atoms with Gasteiger partial charge in [0.2, 0.25) is 0 Å². The molecule has 0 aromatic rings. The fraction of sp³-hybridized carbons (Fsp3) is 0.648. The molecule has 6 heteroatoms. The average Bonchev–Trinajstić information content (AvgIpc) is 3.43. The predicted octanol–water partition coefficient (Wildman–Crippen LogP) is 21.8. The van der Waals surface area contributed by atoms with E-state index in [1.54, 1.807) is 0 Å². The van der Waals surface area contributed by atoms with Crippen molar-refractivity contribution in [3.8, 4) is 0 Å². The first-order chi connectivity index (χ1) is 38.0. The molecule has 0 aliphatic rings. The van der Waals surface area contributed by atoms with Crippen LogP contribution in [-0.2, 0) is 28.6 Å². The van der Waals surface area contributed by atoms with Gasteiger partial charge in [-0.2, -0.15) is 0 Å². The van der Waals surface area contributed by atoms with Gasteiger partial charge in [-0.15, -0.1) is 0 Å². The molecule has 0 saturated heterocycles. The van der Waals surface area contributed by atoms with Crippen molar-refractivity contribution in [1.82, 2.24) is 0 Å². The molecule has 0 bridgehead atoms. The average molecular weight is 1070 g/mol. The van der Waals surface area contributed by atoms with Crippen LogP contribution in [0.5, 0.6) is 0 Å². The molecule has 0 radical (unpaired) electrons. The van der Waals surface area contributed by atoms with Gasteiger partial charge in [-0.3, -0.25) is 14.4 Å². The summed E-state index contributed by atoms with van der Waals surface area (Å²) < 4.78 is 16.9. The van der Waals surface area contributed by atoms with Gasteiger partial charge in [0.15, 0.2) is 6.10 Å². The zero-order valence-electron chi connectivity index (χ0n) is 49.9. The molecule has 0 fully saturated rings. The molecule has 0 aromatic heterocycles. The van der Waals surface area contributed by atoms with Crippen LogP contribution in [-0.4, -0.2) is 37.2 Å². The number of hydrogen-bond acceptors (Lipinski definition) is 6. The van der Waals surface area contributed by atoms with Crippen LogP contribution < -0.4 is 0 Å². The van der Waals surface area contributed by atoms with Gasteiger partial charge in [-0.25, -0.2) is 0 Å². The summed E-state index contributed by atoms with van der Waals surface area (Å²) in [4.78, 5) is 38.3. The van der Waals surface area contributed by atoms with Crippen LogP contribution in [0, 0.1) is 0 Å². The Morgan fingerprint density at radius 1 is 0.273 bits per heavy atom. The monoisotopic (exact) mass is 1060 g/mol. The predicted molar refractivity (Wildman–Crippen MR) is 334 cm³/mol. The third-order valence-corrected chi connectivity index (χ3v) is 13.1. The fourth-order valence-electron chi connectivity index (χ4n) is 8.43. The zero-order chi connectivity index (χ0) is 55.7. The number of hydrogen-bond donors (Lipinski definition) is 0. The van der Waals surface area contributed by atoms with Crippen molar-refractivity contribution >= 4 is 17.9 Å². The molecule has 0 N–H and O–H groups in total. The van der Waals surface area contributed by atoms with E-state index < -0.39 is 6.10 Å². The highest BCUT2D eigenvalue weighted by molar-refractivity contribution is 5.71. The van der Waals surface area contributed by atoms with E-state index in [4.69, 9.17) is 14.2 Å². The van der Waals surface area contributed by atoms with E-state index in [9.17, 15) is 14.4 Å². The third kappa shape index (κ3) is 62.3. The SMILES string of the molecule is CC/C=C\C/C=C\C/C=C\C/C=C\C/C=C\CCCCCCCCCC(=O)OCC(COC(=O)CCCCCCC/C=C\CCCCCC)OC(=O)CCCCCCCCC/C=C\C/C=C\C/C=C\C/C=C\C/C=C\CC. The first-order valence-corrected chi connectivity index (χ1v) is 31.7. The molecular formula is C71H116O6. The lowest BCUT2D eigenvalue weighted by Gasteiger charge is -2.18. The smallest absolute Gasteiger partial charge is 0.306 e. The Morgan fingerprint density at radius 3 is 0.805 bits per heavy atom. The van der Waals surface area contributed by atoms with Crippen molar-refractivity contribution in [2.24, 2.45) is 0 Å². The maximum atomic E-state index is 12.9. The van der Waals surface area contributed by atoms with Gasteiger partial charge >= 0.3 is 17.9 Å². The lowest BCUT2D eigenvalue weighted by Crippen LogP contribution is -2.30. The number of ether oxygens (including phenoxy) is 3. The van der Waals surface area contributed by atoms with Gasteiger partial charge in [0.1, 0.15) is 13.2 Å². The summed E-state index contributed by atoms with van der Waals surface area (Å²) in [6, 6.07) is 0. The second-order valence-electron chi connectivity index (χ2n) is 20.5. The van der Waals surface area contributed by atoms with Crippen LogP contribution in [0.25, 0.3) is 0 Å². The van der Waals surface area contributed by atoms with E-state index in [0.29, 0.717) is 19.3 Å². The molecule has 1 atom stereocenters. The Kier molecular flexibility index (Phi) is 60.4. The highest BCUT2D eigenvalue weighted by Crippen LogP contribution is 2.15. The van der Waals surface area contributed by atoms with Gasteiger partial charge in [0, 0.05) is 19.3 Å². The number of allylic oxidation sites excluding steroid dienone is 22. The minimum atomic E-state index is -0.798. The Labute approximate surface area is 475 Å². The molecular weight excluding hydrogens is 949 g/mol. The number of carbonyl (C=O) groups is 3. The number of rotatable bonds is 56. The van der Waals surface area contributed by atoms with Crippen LogP contribution in [0.3, 0.4) is 0 Å². The molecule has 6 nitrogen and oxygen atoms in total. The molecule has 1 unspecified atom stereocenters. The Bertz CT molecular complexity index is 1650. The second kappa shape index (κ2) is 64.1. The Balaban J connectivity index is 4.42. The largest absolute Gasteiger partial charge is 0.462 e. The molecule has 0 aromatic carbocycles. The van der Waals surface area contributed by atoms with Crippen molar-refractivity contribution in [2.45, 2.75) is 284 Å². The van der Waals surface area contributed by atoms with Crippen LogP contribution in [0.1, 0.15) is 278 Å². The van der Waals surface area contributed by atoms with Gasteiger partial charge in [0.05, 0.1) is 0 Å². The zero-order valence-corrected chi connectivity index (χ0v) is 49.9. The lowest BCUT2D eigenvalue weighted by molar-refractivity contribution is -0.167. The number of carbonyl (C=O) groups excluding carboxylic acids is 3. The summed E-state index contributed by atoms with van der Waals surface area (Å²) in [7, 11) is 0. The molecule has 0 amide bonds. The second-order valence-corrected chi connectivity index (χ2v) is 20.5. The van der Waals surface area contributed by atoms with Crippen LogP contribution in [0.2, 0.25) is 0 Å². The highest BCUT2D eigenvalue weighted by atomic mass is 16.6. The summed E-state index contributed by atoms with van der Waals surface area (Å²) in [6.07, 6.45) is 90.2. The first kappa shape index (κ1) is 72.5. The first-order valence-electron chi connectivity index (χ1n) is 31.7. The van der Waals surface area contributed by atoms with Gasteiger partial charge in [-0.1, -0.05) is 257 Å². The fourth-order valence-corrected chi connectivity index (χ4v) is 8.43. The third-order valence-electron chi connectivity index (χ3n) is 13.1. The number of esters is 3. The van der Waals surface area contributed by atoms with Crippen molar-refractivity contribution in [3.05, 3.63) is 134 Å². The van der Waals surface area contributed by atoms with Gasteiger partial charge in [0.25, 0.3) is 0 Å². The standard InChI is InChI=1S/C71H116O6/c1-4-7-10-13-16-19-22-25-27-29-31-33-35-37-39-41-43-46-49-52-55-58-61-64-70(73)76-67-68(66-75-69(72)63-60-57-54-51-48-45-24-21-18-15-12-9-6-3)77-71(74)65-62-59-56-53-50-47-44-42-40-38-36-34-32-30-28-26-23-20-17-14-11-8-5-2/h7-8,10-11,16-17,19-21,24-28,31-34,37-40,68H,4-6,9,12-15,18,22-23,29-30,35-36,41-67H2,1-3H3/b10-7-,11-8-,19-16-,20-17-,24-21-,27-25-,28-26-,33-31-,34-32-,39-37-,40-38-. The topological polar surface area (TPSA) is 78.9 Å². The van der Waals surface area contributed by atoms with E-state index in [2.05, 4.69) is 154 Å². The van der Waals surface area contributed by atoms with Crippen molar-refractivity contribution in [2.75, 3.05) is 13.2 Å². The van der Waals surface area contributed by atoms with E-state index in [-0.39, 0.29) is 31.1 Å². The summed E-state index contributed by atoms with van der Waals surface area (Å²) in [5.74, 6) is -0.923. The molecule has 436 valence electrons. The van der Waals surface area contributed by atoms with E-state index in [1.807, 2.05) is 0 Å². The van der Waals surface area contributed by atoms with Crippen molar-refractivity contribution < 1.29 is 28.6 Å². The molecule has 0 heterocycles. The molecule has 0 aliphatic carbocycles. The molecule has 0 aliphatic heterocycles. The summed E-state index contributed by atoms with van der Waals surface area (Å²) in [5.41, 5.74) is 0. The highest BCUT2D eigenvalue weighted by Gasteiger charge is 2.19. The molecule has 77 heavy (non-hydrogen) atoms. The molecule has 0 saturated carbocycles. The van der Waals surface area contributed by atoms with Gasteiger partial charge in [-0.05, 0) is 135 Å². The number of unbranched alkanes of at least 4 members (excludes halogenated alkanes) is 23. The normalized spacial score (nSPS) is 13.0. The minimum absolute atomic E-state index is 0.0939. The molecule has 0 spiro atoms. The lowest BCUT2D eigenvalue weighted by atomic mass is 10.1. The quantitative estimate of drug-likeness (QED) is 0.0261. The van der Waals surface area contributed by atoms with E-state index in [0.717, 1.165) is 154 Å². The van der Waals surface area contributed by atoms with Crippen molar-refractivity contribution in [3.63, 3.8) is 0 Å². The van der Waals surface area contributed by atoms with Crippen LogP contribution in [0.15, 0.2) is 134 Å². The maximum Gasteiger partial charge on any atom is 0.306 e. The van der Waals surface area contributed by atoms with Crippen LogP contribution >= 0.6 is 0 Å². The summed E-state index contributed by atoms with van der Waals surface area (Å²) in [5, 5.41) is 0. The van der Waals surface area contributed by atoms with Crippen molar-refractivity contribution in [1.29, 1.82) is 0 Å². The molecule has 0 rings (SSSR count). The van der Waals surface area contributed by atoms with Gasteiger partial charge < -0.3 is 14.2 Å². The Hall–Kier alpha value is -4.45.